The number of hydrogen-bond donors (Lipinski definition) is 3. The molecule has 3 N–H and O–H groups in total. The first-order chi connectivity index (χ1) is 8.58. The van der Waals surface area contributed by atoms with Gasteiger partial charge in [0.15, 0.2) is 0 Å². The average molecular weight is 269 g/mol. The molecule has 18 heavy (non-hydrogen) atoms. The predicted molar refractivity (Wildman–Crippen MR) is 68.1 cm³/mol. The predicted octanol–water partition coefficient (Wildman–Crippen LogP) is 1.23. The summed E-state index contributed by atoms with van der Waals surface area (Å²) in [5.41, 5.74) is 0.516. The van der Waals surface area contributed by atoms with Gasteiger partial charge >= 0.3 is 5.97 Å². The third-order valence-electron chi connectivity index (χ3n) is 2.69. The van der Waals surface area contributed by atoms with Crippen molar-refractivity contribution in [2.75, 3.05) is 11.9 Å². The molecule has 1 aliphatic carbocycles. The summed E-state index contributed by atoms with van der Waals surface area (Å²) in [4.78, 5) is 22.6. The van der Waals surface area contributed by atoms with E-state index in [4.69, 9.17) is 5.11 Å². The zero-order valence-electron chi connectivity index (χ0n) is 10.0. The van der Waals surface area contributed by atoms with Crippen LogP contribution in [0.25, 0.3) is 0 Å². The van der Waals surface area contributed by atoms with E-state index in [0.29, 0.717) is 29.7 Å². The molecule has 1 aromatic rings. The molecule has 0 radical (unpaired) electrons. The number of aromatic carboxylic acids is 1. The van der Waals surface area contributed by atoms with E-state index in [1.807, 2.05) is 0 Å². The maximum Gasteiger partial charge on any atom is 0.340 e. The Balaban J connectivity index is 1.87. The standard InChI is InChI=1S/C11H15N3O3S/c1-6-9(11(16)17)10(18-14-6)13-8(15)4-5-12-7-2-3-7/h7,12H,2-5H2,1H3,(H,13,15)(H,16,17). The highest BCUT2D eigenvalue weighted by Crippen LogP contribution is 2.24. The number of carbonyl (C=O) groups excluding carboxylic acids is 1. The summed E-state index contributed by atoms with van der Waals surface area (Å²) < 4.78 is 3.94. The van der Waals surface area contributed by atoms with Gasteiger partial charge in [-0.2, -0.15) is 4.37 Å². The Morgan fingerprint density at radius 2 is 2.22 bits per heavy atom. The number of amides is 1. The van der Waals surface area contributed by atoms with Crippen LogP contribution < -0.4 is 10.6 Å². The lowest BCUT2D eigenvalue weighted by atomic mass is 10.2. The molecule has 0 atom stereocenters. The molecule has 1 amide bonds. The summed E-state index contributed by atoms with van der Waals surface area (Å²) in [6.07, 6.45) is 2.70. The quantitative estimate of drug-likeness (QED) is 0.722. The van der Waals surface area contributed by atoms with Crippen LogP contribution >= 0.6 is 11.5 Å². The lowest BCUT2D eigenvalue weighted by Crippen LogP contribution is -2.23. The van der Waals surface area contributed by atoms with E-state index in [9.17, 15) is 9.59 Å². The topological polar surface area (TPSA) is 91.3 Å². The van der Waals surface area contributed by atoms with E-state index in [-0.39, 0.29) is 11.5 Å². The Hall–Kier alpha value is -1.47. The van der Waals surface area contributed by atoms with Gasteiger partial charge in [0, 0.05) is 19.0 Å². The lowest BCUT2D eigenvalue weighted by molar-refractivity contribution is -0.116. The Labute approximate surface area is 109 Å². The molecule has 0 saturated heterocycles. The summed E-state index contributed by atoms with van der Waals surface area (Å²) in [5.74, 6) is -1.25. The Morgan fingerprint density at radius 1 is 1.50 bits per heavy atom. The number of hydrogen-bond acceptors (Lipinski definition) is 5. The first-order valence-corrected chi connectivity index (χ1v) is 6.58. The fourth-order valence-corrected chi connectivity index (χ4v) is 2.38. The van der Waals surface area contributed by atoms with Crippen molar-refractivity contribution in [2.24, 2.45) is 0 Å². The van der Waals surface area contributed by atoms with Crippen molar-refractivity contribution in [3.8, 4) is 0 Å². The molecule has 7 heteroatoms. The normalized spacial score (nSPS) is 14.5. The number of nitrogens with one attached hydrogen (secondary N) is 2. The van der Waals surface area contributed by atoms with E-state index in [1.54, 1.807) is 6.92 Å². The number of aromatic nitrogens is 1. The molecule has 0 aliphatic heterocycles. The molecule has 0 unspecified atom stereocenters. The Kier molecular flexibility index (Phi) is 3.93. The van der Waals surface area contributed by atoms with E-state index in [2.05, 4.69) is 15.0 Å². The third kappa shape index (κ3) is 3.27. The largest absolute Gasteiger partial charge is 0.478 e. The minimum absolute atomic E-state index is 0.0866. The molecule has 1 saturated carbocycles. The summed E-state index contributed by atoms with van der Waals surface area (Å²) in [7, 11) is 0. The number of aryl methyl sites for hydroxylation is 1. The molecule has 0 spiro atoms. The number of carboxylic acids is 1. The molecule has 0 bridgehead atoms. The second-order valence-corrected chi connectivity index (χ2v) is 5.08. The van der Waals surface area contributed by atoms with Gasteiger partial charge in [-0.05, 0) is 31.3 Å². The minimum atomic E-state index is -1.06. The van der Waals surface area contributed by atoms with Gasteiger partial charge < -0.3 is 15.7 Å². The highest BCUT2D eigenvalue weighted by atomic mass is 32.1. The van der Waals surface area contributed by atoms with Gasteiger partial charge in [0.05, 0.1) is 5.69 Å². The molecule has 98 valence electrons. The first kappa shape index (κ1) is 13.0. The third-order valence-corrected chi connectivity index (χ3v) is 3.55. The van der Waals surface area contributed by atoms with Crippen LogP contribution in [0.15, 0.2) is 0 Å². The molecule has 0 aromatic carbocycles. The molecule has 1 aromatic heterocycles. The molecule has 1 fully saturated rings. The molecule has 6 nitrogen and oxygen atoms in total. The van der Waals surface area contributed by atoms with Crippen LogP contribution in [0.3, 0.4) is 0 Å². The van der Waals surface area contributed by atoms with Gasteiger partial charge in [0.25, 0.3) is 0 Å². The van der Waals surface area contributed by atoms with Gasteiger partial charge in [0.2, 0.25) is 5.91 Å². The van der Waals surface area contributed by atoms with Crippen LogP contribution in [0.5, 0.6) is 0 Å². The fourth-order valence-electron chi connectivity index (χ4n) is 1.57. The maximum absolute atomic E-state index is 11.6. The number of nitrogens with zero attached hydrogens (tertiary/aromatic N) is 1. The number of rotatable bonds is 6. The highest BCUT2D eigenvalue weighted by Gasteiger charge is 2.21. The van der Waals surface area contributed by atoms with Crippen LogP contribution in [0.1, 0.15) is 35.3 Å². The monoisotopic (exact) mass is 269 g/mol. The van der Waals surface area contributed by atoms with Gasteiger partial charge in [0.1, 0.15) is 10.6 Å². The smallest absolute Gasteiger partial charge is 0.340 e. The molecular formula is C11H15N3O3S. The van der Waals surface area contributed by atoms with Crippen molar-refractivity contribution in [3.63, 3.8) is 0 Å². The molecule has 2 rings (SSSR count). The fraction of sp³-hybridized carbons (Fsp3) is 0.545. The SMILES string of the molecule is Cc1nsc(NC(=O)CCNC2CC2)c1C(=O)O. The molecular weight excluding hydrogens is 254 g/mol. The summed E-state index contributed by atoms with van der Waals surface area (Å²) >= 11 is 1.00. The van der Waals surface area contributed by atoms with Crippen molar-refractivity contribution in [3.05, 3.63) is 11.3 Å². The van der Waals surface area contributed by atoms with E-state index < -0.39 is 5.97 Å². The molecule has 1 heterocycles. The van der Waals surface area contributed by atoms with Crippen LogP contribution in [0.4, 0.5) is 5.00 Å². The van der Waals surface area contributed by atoms with Gasteiger partial charge in [-0.3, -0.25) is 4.79 Å². The zero-order valence-corrected chi connectivity index (χ0v) is 10.8. The highest BCUT2D eigenvalue weighted by molar-refractivity contribution is 7.11. The van der Waals surface area contributed by atoms with Crippen LogP contribution in [0, 0.1) is 6.92 Å². The van der Waals surface area contributed by atoms with Crippen LogP contribution in [-0.2, 0) is 4.79 Å². The number of carboxylic acid groups (broad SMARTS) is 1. The Bertz CT molecular complexity index is 468. The zero-order chi connectivity index (χ0) is 13.1. The summed E-state index contributed by atoms with van der Waals surface area (Å²) in [6.45, 7) is 2.24. The second-order valence-electron chi connectivity index (χ2n) is 4.30. The van der Waals surface area contributed by atoms with E-state index >= 15 is 0 Å². The van der Waals surface area contributed by atoms with E-state index in [0.717, 1.165) is 11.5 Å². The van der Waals surface area contributed by atoms with Gasteiger partial charge in [-0.1, -0.05) is 0 Å². The number of anilines is 1. The average Bonchev–Trinajstić information content (AvgIpc) is 3.03. The van der Waals surface area contributed by atoms with Crippen molar-refractivity contribution < 1.29 is 14.7 Å². The first-order valence-electron chi connectivity index (χ1n) is 5.80. The minimum Gasteiger partial charge on any atom is -0.478 e. The van der Waals surface area contributed by atoms with Crippen molar-refractivity contribution in [1.29, 1.82) is 0 Å². The van der Waals surface area contributed by atoms with Gasteiger partial charge in [-0.25, -0.2) is 4.79 Å². The Morgan fingerprint density at radius 3 is 2.83 bits per heavy atom. The summed E-state index contributed by atoms with van der Waals surface area (Å²) in [6, 6.07) is 0.568. The molecule has 1 aliphatic rings. The van der Waals surface area contributed by atoms with E-state index in [1.165, 1.54) is 12.8 Å². The summed E-state index contributed by atoms with van der Waals surface area (Å²) in [5, 5.41) is 15.2. The van der Waals surface area contributed by atoms with Crippen molar-refractivity contribution in [1.82, 2.24) is 9.69 Å². The number of carbonyl (C=O) groups is 2. The second kappa shape index (κ2) is 5.45. The van der Waals surface area contributed by atoms with Crippen molar-refractivity contribution in [2.45, 2.75) is 32.2 Å². The lowest BCUT2D eigenvalue weighted by Gasteiger charge is -2.04. The van der Waals surface area contributed by atoms with Crippen molar-refractivity contribution >= 4 is 28.4 Å². The van der Waals surface area contributed by atoms with Crippen LogP contribution in [-0.4, -0.2) is 33.9 Å². The van der Waals surface area contributed by atoms with Gasteiger partial charge in [-0.15, -0.1) is 0 Å². The van der Waals surface area contributed by atoms with Crippen LogP contribution in [0.2, 0.25) is 0 Å². The maximum atomic E-state index is 11.6.